The number of ether oxygens (including phenoxy) is 1. The average molecular weight is 218 g/mol. The van der Waals surface area contributed by atoms with Crippen LogP contribution in [0.1, 0.15) is 31.2 Å². The Kier molecular flexibility index (Phi) is 3.25. The van der Waals surface area contributed by atoms with Crippen LogP contribution in [-0.2, 0) is 4.74 Å². The van der Waals surface area contributed by atoms with Gasteiger partial charge in [-0.25, -0.2) is 4.79 Å². The average Bonchev–Trinajstić information content (AvgIpc) is 2.30. The summed E-state index contributed by atoms with van der Waals surface area (Å²) in [7, 11) is 0. The quantitative estimate of drug-likeness (QED) is 0.770. The molecule has 1 aromatic rings. The molecule has 0 saturated heterocycles. The highest BCUT2D eigenvalue weighted by molar-refractivity contribution is 5.71. The fourth-order valence-corrected chi connectivity index (χ4v) is 2.04. The summed E-state index contributed by atoms with van der Waals surface area (Å²) in [6.07, 6.45) is 2.49. The first-order valence-corrected chi connectivity index (χ1v) is 5.45. The first-order valence-electron chi connectivity index (χ1n) is 5.45. The minimum Gasteiger partial charge on any atom is -0.449 e. The third-order valence-corrected chi connectivity index (χ3v) is 2.75. The van der Waals surface area contributed by atoms with E-state index in [0.717, 1.165) is 36.8 Å². The molecule has 84 valence electrons. The zero-order valence-electron chi connectivity index (χ0n) is 8.98. The Morgan fingerprint density at radius 1 is 1.12 bits per heavy atom. The maximum absolute atomic E-state index is 10.6. The lowest BCUT2D eigenvalue weighted by molar-refractivity contribution is 0.115. The number of rotatable bonds is 2. The van der Waals surface area contributed by atoms with Gasteiger partial charge >= 0.3 is 6.16 Å². The van der Waals surface area contributed by atoms with Crippen LogP contribution in [0.2, 0.25) is 0 Å². The van der Waals surface area contributed by atoms with Gasteiger partial charge in [-0.15, -0.1) is 0 Å². The molecule has 0 fully saturated rings. The molecule has 2 rings (SSSR count). The number of carbonyl (C=O) groups is 1. The summed E-state index contributed by atoms with van der Waals surface area (Å²) in [6, 6.07) is 9.84. The van der Waals surface area contributed by atoms with Crippen LogP contribution in [-0.4, -0.2) is 11.3 Å². The van der Waals surface area contributed by atoms with Gasteiger partial charge in [0.2, 0.25) is 0 Å². The molecule has 1 aliphatic rings. The molecule has 0 aromatic heterocycles. The van der Waals surface area contributed by atoms with Gasteiger partial charge in [-0.05, 0) is 30.4 Å². The largest absolute Gasteiger partial charge is 0.511 e. The molecular formula is C13H14O3. The maximum Gasteiger partial charge on any atom is 0.511 e. The molecule has 0 aliphatic heterocycles. The van der Waals surface area contributed by atoms with Gasteiger partial charge in [0.1, 0.15) is 5.76 Å². The van der Waals surface area contributed by atoms with Crippen molar-refractivity contribution in [2.75, 3.05) is 0 Å². The Hall–Kier alpha value is -1.77. The zero-order valence-corrected chi connectivity index (χ0v) is 8.98. The first-order chi connectivity index (χ1) is 7.77. The van der Waals surface area contributed by atoms with E-state index in [1.54, 1.807) is 0 Å². The molecule has 0 atom stereocenters. The SMILES string of the molecule is O=C(O)OC1=C(c2ccccc2)CCCC1. The summed E-state index contributed by atoms with van der Waals surface area (Å²) in [5, 5.41) is 8.67. The summed E-state index contributed by atoms with van der Waals surface area (Å²) >= 11 is 0. The summed E-state index contributed by atoms with van der Waals surface area (Å²) in [5.74, 6) is 0.616. The van der Waals surface area contributed by atoms with Crippen molar-refractivity contribution in [3.05, 3.63) is 41.7 Å². The topological polar surface area (TPSA) is 46.5 Å². The van der Waals surface area contributed by atoms with Crippen molar-refractivity contribution in [2.45, 2.75) is 25.7 Å². The third kappa shape index (κ3) is 2.42. The summed E-state index contributed by atoms with van der Waals surface area (Å²) in [6.45, 7) is 0. The van der Waals surface area contributed by atoms with Gasteiger partial charge in [0, 0.05) is 6.42 Å². The lowest BCUT2D eigenvalue weighted by Gasteiger charge is -2.18. The van der Waals surface area contributed by atoms with Gasteiger partial charge in [-0.2, -0.15) is 0 Å². The van der Waals surface area contributed by atoms with Gasteiger partial charge in [-0.1, -0.05) is 30.3 Å². The highest BCUT2D eigenvalue weighted by Crippen LogP contribution is 2.32. The van der Waals surface area contributed by atoms with Crippen LogP contribution in [0.15, 0.2) is 36.1 Å². The van der Waals surface area contributed by atoms with E-state index in [-0.39, 0.29) is 0 Å². The van der Waals surface area contributed by atoms with Gasteiger partial charge in [0.25, 0.3) is 0 Å². The standard InChI is InChI=1S/C13H14O3/c14-13(15)16-12-9-5-4-8-11(12)10-6-2-1-3-7-10/h1-3,6-7H,4-5,8-9H2,(H,14,15). The number of carboxylic acid groups (broad SMARTS) is 1. The number of hydrogen-bond acceptors (Lipinski definition) is 2. The molecule has 0 unspecified atom stereocenters. The van der Waals surface area contributed by atoms with E-state index in [9.17, 15) is 4.79 Å². The van der Waals surface area contributed by atoms with E-state index in [1.165, 1.54) is 0 Å². The zero-order chi connectivity index (χ0) is 11.4. The van der Waals surface area contributed by atoms with Crippen LogP contribution in [0.5, 0.6) is 0 Å². The molecule has 1 aliphatic carbocycles. The number of hydrogen-bond donors (Lipinski definition) is 1. The molecule has 3 nitrogen and oxygen atoms in total. The predicted octanol–water partition coefficient (Wildman–Crippen LogP) is 3.67. The van der Waals surface area contributed by atoms with Crippen molar-refractivity contribution in [2.24, 2.45) is 0 Å². The Morgan fingerprint density at radius 3 is 2.50 bits per heavy atom. The fraction of sp³-hybridized carbons (Fsp3) is 0.308. The molecule has 1 N–H and O–H groups in total. The van der Waals surface area contributed by atoms with E-state index in [4.69, 9.17) is 9.84 Å². The van der Waals surface area contributed by atoms with Crippen LogP contribution >= 0.6 is 0 Å². The van der Waals surface area contributed by atoms with Gasteiger partial charge in [-0.3, -0.25) is 0 Å². The third-order valence-electron chi connectivity index (χ3n) is 2.75. The molecule has 0 heterocycles. The Morgan fingerprint density at radius 2 is 1.81 bits per heavy atom. The first kappa shape index (κ1) is 10.7. The van der Waals surface area contributed by atoms with Crippen LogP contribution < -0.4 is 0 Å². The van der Waals surface area contributed by atoms with E-state index >= 15 is 0 Å². The lowest BCUT2D eigenvalue weighted by atomic mass is 9.92. The Labute approximate surface area is 94.4 Å². The molecule has 3 heteroatoms. The summed E-state index contributed by atoms with van der Waals surface area (Å²) < 4.78 is 4.85. The minimum atomic E-state index is -1.22. The second-order valence-corrected chi connectivity index (χ2v) is 3.84. The normalized spacial score (nSPS) is 16.0. The monoisotopic (exact) mass is 218 g/mol. The predicted molar refractivity (Wildman–Crippen MR) is 60.9 cm³/mol. The van der Waals surface area contributed by atoms with Crippen LogP contribution in [0.4, 0.5) is 4.79 Å². The van der Waals surface area contributed by atoms with E-state index < -0.39 is 6.16 Å². The van der Waals surface area contributed by atoms with Gasteiger partial charge in [0.05, 0.1) is 0 Å². The van der Waals surface area contributed by atoms with Gasteiger partial charge in [0.15, 0.2) is 0 Å². The maximum atomic E-state index is 10.6. The molecule has 0 bridgehead atoms. The molecule has 0 radical (unpaired) electrons. The van der Waals surface area contributed by atoms with Crippen LogP contribution in [0.25, 0.3) is 5.57 Å². The van der Waals surface area contributed by atoms with Crippen molar-refractivity contribution in [3.63, 3.8) is 0 Å². The second kappa shape index (κ2) is 4.84. The number of allylic oxidation sites excluding steroid dienone is 2. The van der Waals surface area contributed by atoms with Crippen molar-refractivity contribution in [3.8, 4) is 0 Å². The highest BCUT2D eigenvalue weighted by Gasteiger charge is 2.17. The highest BCUT2D eigenvalue weighted by atomic mass is 16.7. The number of benzene rings is 1. The van der Waals surface area contributed by atoms with Crippen LogP contribution in [0, 0.1) is 0 Å². The smallest absolute Gasteiger partial charge is 0.449 e. The van der Waals surface area contributed by atoms with Crippen LogP contribution in [0.3, 0.4) is 0 Å². The Bertz CT molecular complexity index is 406. The molecule has 16 heavy (non-hydrogen) atoms. The van der Waals surface area contributed by atoms with Crippen molar-refractivity contribution in [1.82, 2.24) is 0 Å². The fourth-order valence-electron chi connectivity index (χ4n) is 2.04. The van der Waals surface area contributed by atoms with Crippen molar-refractivity contribution < 1.29 is 14.6 Å². The summed E-state index contributed by atoms with van der Waals surface area (Å²) in [4.78, 5) is 10.6. The molecule has 1 aromatic carbocycles. The molecule has 0 saturated carbocycles. The lowest BCUT2D eigenvalue weighted by Crippen LogP contribution is -2.07. The van der Waals surface area contributed by atoms with E-state index in [0.29, 0.717) is 5.76 Å². The second-order valence-electron chi connectivity index (χ2n) is 3.84. The van der Waals surface area contributed by atoms with E-state index in [1.807, 2.05) is 30.3 Å². The molecule has 0 amide bonds. The minimum absolute atomic E-state index is 0.616. The van der Waals surface area contributed by atoms with E-state index in [2.05, 4.69) is 0 Å². The molecule has 0 spiro atoms. The molecular weight excluding hydrogens is 204 g/mol. The Balaban J connectivity index is 2.33. The van der Waals surface area contributed by atoms with Crippen molar-refractivity contribution >= 4 is 11.7 Å². The van der Waals surface area contributed by atoms with Gasteiger partial charge < -0.3 is 9.84 Å². The summed E-state index contributed by atoms with van der Waals surface area (Å²) in [5.41, 5.74) is 2.10. The van der Waals surface area contributed by atoms with Crippen molar-refractivity contribution in [1.29, 1.82) is 0 Å².